The van der Waals surface area contributed by atoms with Crippen LogP contribution in [0.15, 0.2) is 54.6 Å². The molecule has 2 aromatic carbocycles. The lowest BCUT2D eigenvalue weighted by Gasteiger charge is -2.42. The van der Waals surface area contributed by atoms with Gasteiger partial charge in [0.15, 0.2) is 0 Å². The SMILES string of the molecule is [2H]C1(c2ccccc2)c2ccccc2CC[N+]1(C)C.[Cl-]. The molecule has 0 N–H and O–H groups in total. The van der Waals surface area contributed by atoms with E-state index in [9.17, 15) is 1.37 Å². The van der Waals surface area contributed by atoms with Crippen molar-refractivity contribution >= 4 is 0 Å². The summed E-state index contributed by atoms with van der Waals surface area (Å²) in [4.78, 5) is 0. The van der Waals surface area contributed by atoms with Gasteiger partial charge in [-0.15, -0.1) is 0 Å². The van der Waals surface area contributed by atoms with Crippen LogP contribution in [0.2, 0.25) is 0 Å². The standard InChI is InChI=1S/C17H20N.ClH/c1-18(2)13-12-14-8-6-7-11-16(14)17(18)15-9-4-3-5-10-15;/h3-11,17H,12-13H2,1-2H3;1H/q+1;/p-1/i17D;. The molecule has 0 saturated heterocycles. The first-order chi connectivity index (χ1) is 9.06. The van der Waals surface area contributed by atoms with Crippen molar-refractivity contribution in [1.29, 1.82) is 0 Å². The highest BCUT2D eigenvalue weighted by Gasteiger charge is 2.36. The second-order valence-corrected chi connectivity index (χ2v) is 5.53. The molecule has 1 aliphatic heterocycles. The van der Waals surface area contributed by atoms with Crippen molar-refractivity contribution in [1.82, 2.24) is 0 Å². The number of nitrogens with zero attached hydrogens (tertiary/aromatic N) is 1. The van der Waals surface area contributed by atoms with Gasteiger partial charge in [-0.1, -0.05) is 54.6 Å². The van der Waals surface area contributed by atoms with Crippen molar-refractivity contribution in [3.05, 3.63) is 71.3 Å². The second-order valence-electron chi connectivity index (χ2n) is 5.53. The zero-order valence-electron chi connectivity index (χ0n) is 12.4. The molecule has 0 spiro atoms. The molecular formula is C17H20ClN. The number of hydrogen-bond acceptors (Lipinski definition) is 0. The summed E-state index contributed by atoms with van der Waals surface area (Å²) in [5.41, 5.74) is 3.54. The van der Waals surface area contributed by atoms with E-state index in [1.807, 2.05) is 18.2 Å². The number of hydrogen-bond donors (Lipinski definition) is 0. The van der Waals surface area contributed by atoms with E-state index >= 15 is 0 Å². The highest BCUT2D eigenvalue weighted by atomic mass is 35.5. The van der Waals surface area contributed by atoms with Gasteiger partial charge >= 0.3 is 0 Å². The van der Waals surface area contributed by atoms with Gasteiger partial charge < -0.3 is 16.9 Å². The van der Waals surface area contributed by atoms with Gasteiger partial charge in [0, 0.05) is 17.5 Å². The van der Waals surface area contributed by atoms with Crippen molar-refractivity contribution in [2.24, 2.45) is 0 Å². The van der Waals surface area contributed by atoms with Gasteiger partial charge in [0.25, 0.3) is 0 Å². The molecule has 0 radical (unpaired) electrons. The maximum absolute atomic E-state index is 9.22. The van der Waals surface area contributed by atoms with Gasteiger partial charge in [-0.3, -0.25) is 0 Å². The van der Waals surface area contributed by atoms with Crippen LogP contribution in [-0.2, 0) is 6.42 Å². The molecule has 0 fully saturated rings. The maximum Gasteiger partial charge on any atom is 0.140 e. The summed E-state index contributed by atoms with van der Waals surface area (Å²) in [6.45, 7) is 0.995. The highest BCUT2D eigenvalue weighted by Crippen LogP contribution is 2.37. The van der Waals surface area contributed by atoms with Gasteiger partial charge in [-0.25, -0.2) is 0 Å². The summed E-state index contributed by atoms with van der Waals surface area (Å²) in [5.74, 6) is 0. The summed E-state index contributed by atoms with van der Waals surface area (Å²) >= 11 is 0. The molecule has 0 bridgehead atoms. The van der Waals surface area contributed by atoms with E-state index in [1.165, 1.54) is 5.56 Å². The van der Waals surface area contributed by atoms with Crippen LogP contribution in [0.4, 0.5) is 0 Å². The van der Waals surface area contributed by atoms with Gasteiger partial charge in [-0.2, -0.15) is 0 Å². The number of halogens is 1. The van der Waals surface area contributed by atoms with Crippen LogP contribution in [0.3, 0.4) is 0 Å². The summed E-state index contributed by atoms with van der Waals surface area (Å²) in [7, 11) is 4.33. The predicted octanol–water partition coefficient (Wildman–Crippen LogP) is 0.412. The Morgan fingerprint density at radius 2 is 1.63 bits per heavy atom. The molecule has 0 amide bonds. The Morgan fingerprint density at radius 3 is 2.37 bits per heavy atom. The lowest BCUT2D eigenvalue weighted by molar-refractivity contribution is -0.917. The molecular weight excluding hydrogens is 254 g/mol. The van der Waals surface area contributed by atoms with E-state index in [4.69, 9.17) is 0 Å². The molecule has 1 unspecified atom stereocenters. The normalized spacial score (nSPS) is 24.8. The Hall–Kier alpha value is -1.31. The molecule has 1 nitrogen and oxygen atoms in total. The first-order valence-electron chi connectivity index (χ1n) is 7.03. The van der Waals surface area contributed by atoms with E-state index in [0.717, 1.165) is 24.1 Å². The predicted molar refractivity (Wildman–Crippen MR) is 75.4 cm³/mol. The van der Waals surface area contributed by atoms with Crippen LogP contribution in [0, 0.1) is 0 Å². The fourth-order valence-electron chi connectivity index (χ4n) is 2.91. The van der Waals surface area contributed by atoms with Crippen LogP contribution in [0.1, 0.15) is 24.1 Å². The first-order valence-corrected chi connectivity index (χ1v) is 6.53. The average Bonchev–Trinajstić information content (AvgIpc) is 2.44. The lowest BCUT2D eigenvalue weighted by Crippen LogP contribution is -3.00. The van der Waals surface area contributed by atoms with Crippen LogP contribution in [0.5, 0.6) is 0 Å². The summed E-state index contributed by atoms with van der Waals surface area (Å²) in [6, 6.07) is 17.9. The third kappa shape index (κ3) is 2.54. The van der Waals surface area contributed by atoms with Crippen LogP contribution < -0.4 is 12.4 Å². The number of benzene rings is 2. The largest absolute Gasteiger partial charge is 1.00 e. The Bertz CT molecular complexity index is 597. The van der Waals surface area contributed by atoms with E-state index in [2.05, 4.69) is 50.5 Å². The minimum absolute atomic E-state index is 0. The minimum Gasteiger partial charge on any atom is -1.00 e. The van der Waals surface area contributed by atoms with Gasteiger partial charge in [0.1, 0.15) is 7.39 Å². The van der Waals surface area contributed by atoms with E-state index in [-0.39, 0.29) is 12.4 Å². The molecule has 1 heterocycles. The fourth-order valence-corrected chi connectivity index (χ4v) is 2.91. The highest BCUT2D eigenvalue weighted by molar-refractivity contribution is 5.37. The molecule has 0 aliphatic carbocycles. The van der Waals surface area contributed by atoms with Gasteiger partial charge in [0.05, 0.1) is 20.6 Å². The molecule has 2 heteroatoms. The quantitative estimate of drug-likeness (QED) is 0.661. The lowest BCUT2D eigenvalue weighted by atomic mass is 9.87. The van der Waals surface area contributed by atoms with Crippen LogP contribution in [-0.4, -0.2) is 25.1 Å². The zero-order valence-corrected chi connectivity index (χ0v) is 12.2. The summed E-state index contributed by atoms with van der Waals surface area (Å²) < 4.78 is 9.89. The molecule has 1 atom stereocenters. The fraction of sp³-hybridized carbons (Fsp3) is 0.294. The third-order valence-electron chi connectivity index (χ3n) is 3.87. The first kappa shape index (κ1) is 12.7. The number of fused-ring (bicyclic) bond motifs is 1. The Balaban J connectivity index is 0.00000147. The van der Waals surface area contributed by atoms with Crippen molar-refractivity contribution in [3.63, 3.8) is 0 Å². The Kier molecular flexibility index (Phi) is 3.58. The summed E-state index contributed by atoms with van der Waals surface area (Å²) in [5, 5.41) is 0. The third-order valence-corrected chi connectivity index (χ3v) is 3.87. The summed E-state index contributed by atoms with van der Waals surface area (Å²) in [6.07, 6.45) is 1.05. The zero-order chi connectivity index (χ0) is 13.5. The molecule has 0 aromatic heterocycles. The topological polar surface area (TPSA) is 0 Å². The smallest absolute Gasteiger partial charge is 0.140 e. The van der Waals surface area contributed by atoms with Crippen LogP contribution >= 0.6 is 0 Å². The van der Waals surface area contributed by atoms with Crippen molar-refractivity contribution < 1.29 is 18.3 Å². The molecule has 3 rings (SSSR count). The molecule has 100 valence electrons. The minimum atomic E-state index is -0.712. The van der Waals surface area contributed by atoms with E-state index in [0.29, 0.717) is 4.48 Å². The molecule has 1 aliphatic rings. The maximum atomic E-state index is 9.22. The van der Waals surface area contributed by atoms with Gasteiger partial charge in [0.2, 0.25) is 0 Å². The number of quaternary nitrogens is 1. The number of likely N-dealkylation sites (N-methyl/N-ethyl adjacent to an activating group) is 1. The number of rotatable bonds is 1. The van der Waals surface area contributed by atoms with Crippen molar-refractivity contribution in [2.45, 2.75) is 12.4 Å². The van der Waals surface area contributed by atoms with Crippen molar-refractivity contribution in [2.75, 3.05) is 20.6 Å². The Morgan fingerprint density at radius 1 is 1.00 bits per heavy atom. The van der Waals surface area contributed by atoms with E-state index in [1.54, 1.807) is 0 Å². The molecule has 2 aromatic rings. The van der Waals surface area contributed by atoms with Gasteiger partial charge in [-0.05, 0) is 5.56 Å². The van der Waals surface area contributed by atoms with Crippen LogP contribution in [0.25, 0.3) is 0 Å². The second kappa shape index (κ2) is 5.36. The molecule has 0 saturated carbocycles. The van der Waals surface area contributed by atoms with Crippen molar-refractivity contribution in [3.8, 4) is 0 Å². The molecule has 19 heavy (non-hydrogen) atoms. The van der Waals surface area contributed by atoms with E-state index < -0.39 is 6.02 Å². The Labute approximate surface area is 123 Å². The monoisotopic (exact) mass is 274 g/mol. The average molecular weight is 275 g/mol.